The van der Waals surface area contributed by atoms with Crippen molar-refractivity contribution in [3.63, 3.8) is 0 Å². The van der Waals surface area contributed by atoms with Crippen LogP contribution in [0.3, 0.4) is 0 Å². The maximum absolute atomic E-state index is 12.6. The largest absolute Gasteiger partial charge is 0.466 e. The second kappa shape index (κ2) is 67.8. The number of ether oxygens (including phenoxy) is 1. The highest BCUT2D eigenvalue weighted by Crippen LogP contribution is 2.19. The molecule has 2 unspecified atom stereocenters. The highest BCUT2D eigenvalue weighted by molar-refractivity contribution is 5.76. The lowest BCUT2D eigenvalue weighted by molar-refractivity contribution is -0.143. The lowest BCUT2D eigenvalue weighted by Crippen LogP contribution is -2.45. The molecule has 0 bridgehead atoms. The van der Waals surface area contributed by atoms with E-state index < -0.39 is 12.1 Å². The zero-order valence-electron chi connectivity index (χ0n) is 52.9. The Morgan fingerprint density at radius 2 is 0.603 bits per heavy atom. The maximum Gasteiger partial charge on any atom is 0.305 e. The number of aliphatic hydroxyl groups is 2. The fourth-order valence-corrected chi connectivity index (χ4v) is 11.3. The summed E-state index contributed by atoms with van der Waals surface area (Å²) in [5.74, 6) is -0.0284. The van der Waals surface area contributed by atoms with Crippen LogP contribution in [0.4, 0.5) is 0 Å². The maximum atomic E-state index is 12.6. The third kappa shape index (κ3) is 63.5. The number of esters is 1. The second-order valence-corrected chi connectivity index (χ2v) is 24.6. The molecule has 0 aromatic rings. The molecule has 6 heteroatoms. The smallest absolute Gasteiger partial charge is 0.305 e. The molecule has 0 aliphatic rings. The fraction of sp³-hybridized carbons (Fsp3) is 0.917. The minimum absolute atomic E-state index is 0.00501. The highest BCUT2D eigenvalue weighted by Gasteiger charge is 2.20. The predicted octanol–water partition coefficient (Wildman–Crippen LogP) is 22.9. The van der Waals surface area contributed by atoms with Gasteiger partial charge in [-0.1, -0.05) is 334 Å². The van der Waals surface area contributed by atoms with Crippen molar-refractivity contribution in [3.8, 4) is 0 Å². The summed E-state index contributed by atoms with van der Waals surface area (Å²) >= 11 is 0. The van der Waals surface area contributed by atoms with E-state index in [0.29, 0.717) is 25.9 Å². The van der Waals surface area contributed by atoms with Gasteiger partial charge in [-0.15, -0.1) is 0 Å². The Kier molecular flexibility index (Phi) is 66.4. The first-order valence-corrected chi connectivity index (χ1v) is 35.6. The lowest BCUT2D eigenvalue weighted by atomic mass is 10.0. The molecule has 3 N–H and O–H groups in total. The second-order valence-electron chi connectivity index (χ2n) is 24.6. The Bertz CT molecular complexity index is 1220. The minimum atomic E-state index is -0.668. The molecule has 1 amide bonds. The van der Waals surface area contributed by atoms with E-state index in [1.807, 2.05) is 0 Å². The SMILES string of the molecule is CCCCCC/C=C\CCCCCCCC(=O)OCCCCCCCCCCCCCC/C=C\CCCCCCCCCCCC(=O)NC(CO)C(O)CCCCCCCCCCCCCCCCCCCCCCCCC. The molecule has 462 valence electrons. The van der Waals surface area contributed by atoms with Crippen LogP contribution in [-0.4, -0.2) is 47.4 Å². The Labute approximate surface area is 488 Å². The van der Waals surface area contributed by atoms with Crippen molar-refractivity contribution in [1.82, 2.24) is 5.32 Å². The summed E-state index contributed by atoms with van der Waals surface area (Å²) in [6.07, 6.45) is 85.1. The molecular formula is C72H139NO5. The van der Waals surface area contributed by atoms with Crippen molar-refractivity contribution in [2.75, 3.05) is 13.2 Å². The van der Waals surface area contributed by atoms with Crippen molar-refractivity contribution >= 4 is 11.9 Å². The van der Waals surface area contributed by atoms with E-state index in [4.69, 9.17) is 4.74 Å². The van der Waals surface area contributed by atoms with Crippen LogP contribution in [0.1, 0.15) is 399 Å². The standard InChI is InChI=1S/C72H139NO5/c1-3-5-7-9-11-13-15-17-18-19-20-21-25-28-31-34-37-41-44-48-52-56-60-64-70(75)69(68-74)73-71(76)65-61-57-53-49-45-42-38-35-32-29-26-23-22-24-27-30-33-36-39-43-47-51-55-59-63-67-78-72(77)66-62-58-54-50-46-40-16-14-12-10-8-6-4-2/h14,16,23,26,69-70,74-75H,3-13,15,17-22,24-25,27-68H2,1-2H3,(H,73,76)/b16-14-,26-23-. The minimum Gasteiger partial charge on any atom is -0.466 e. The van der Waals surface area contributed by atoms with Crippen LogP contribution >= 0.6 is 0 Å². The van der Waals surface area contributed by atoms with E-state index in [1.165, 1.54) is 321 Å². The molecule has 0 aromatic carbocycles. The lowest BCUT2D eigenvalue weighted by Gasteiger charge is -2.22. The summed E-state index contributed by atoms with van der Waals surface area (Å²) < 4.78 is 5.48. The van der Waals surface area contributed by atoms with E-state index >= 15 is 0 Å². The van der Waals surface area contributed by atoms with Crippen molar-refractivity contribution in [3.05, 3.63) is 24.3 Å². The van der Waals surface area contributed by atoms with Crippen molar-refractivity contribution in [2.24, 2.45) is 0 Å². The molecule has 0 saturated carbocycles. The predicted molar refractivity (Wildman–Crippen MR) is 343 cm³/mol. The van der Waals surface area contributed by atoms with Crippen LogP contribution < -0.4 is 5.32 Å². The molecule has 78 heavy (non-hydrogen) atoms. The number of hydrogen-bond acceptors (Lipinski definition) is 5. The summed E-state index contributed by atoms with van der Waals surface area (Å²) in [6.45, 7) is 4.97. The van der Waals surface area contributed by atoms with Crippen LogP contribution in [0.5, 0.6) is 0 Å². The molecule has 0 saturated heterocycles. The number of nitrogens with one attached hydrogen (secondary N) is 1. The molecule has 0 fully saturated rings. The molecule has 0 aliphatic carbocycles. The molecular weight excluding hydrogens is 959 g/mol. The van der Waals surface area contributed by atoms with Crippen LogP contribution in [0.15, 0.2) is 24.3 Å². The van der Waals surface area contributed by atoms with E-state index in [-0.39, 0.29) is 18.5 Å². The van der Waals surface area contributed by atoms with Gasteiger partial charge < -0.3 is 20.3 Å². The van der Waals surface area contributed by atoms with Gasteiger partial charge in [-0.3, -0.25) is 9.59 Å². The summed E-state index contributed by atoms with van der Waals surface area (Å²) in [6, 6.07) is -0.545. The fourth-order valence-electron chi connectivity index (χ4n) is 11.3. The topological polar surface area (TPSA) is 95.9 Å². The Morgan fingerprint density at radius 1 is 0.346 bits per heavy atom. The number of amides is 1. The summed E-state index contributed by atoms with van der Waals surface area (Å²) in [4.78, 5) is 24.6. The van der Waals surface area contributed by atoms with E-state index in [0.717, 1.165) is 44.9 Å². The van der Waals surface area contributed by atoms with Crippen LogP contribution in [-0.2, 0) is 14.3 Å². The Hall–Kier alpha value is -1.66. The summed E-state index contributed by atoms with van der Waals surface area (Å²) in [5.41, 5.74) is 0. The van der Waals surface area contributed by atoms with E-state index in [2.05, 4.69) is 43.5 Å². The first kappa shape index (κ1) is 76.3. The van der Waals surface area contributed by atoms with Crippen molar-refractivity contribution in [1.29, 1.82) is 0 Å². The number of unbranched alkanes of at least 4 members (excludes halogenated alkanes) is 52. The number of hydrogen-bond donors (Lipinski definition) is 3. The first-order valence-electron chi connectivity index (χ1n) is 35.6. The zero-order valence-corrected chi connectivity index (χ0v) is 52.9. The van der Waals surface area contributed by atoms with Gasteiger partial charge in [0.05, 0.1) is 25.4 Å². The van der Waals surface area contributed by atoms with Gasteiger partial charge in [0.25, 0.3) is 0 Å². The number of aliphatic hydroxyl groups excluding tert-OH is 2. The normalized spacial score (nSPS) is 12.6. The first-order chi connectivity index (χ1) is 38.5. The zero-order chi connectivity index (χ0) is 56.4. The van der Waals surface area contributed by atoms with Crippen LogP contribution in [0.25, 0.3) is 0 Å². The van der Waals surface area contributed by atoms with Gasteiger partial charge >= 0.3 is 5.97 Å². The summed E-state index contributed by atoms with van der Waals surface area (Å²) in [7, 11) is 0. The van der Waals surface area contributed by atoms with Gasteiger partial charge in [0.2, 0.25) is 5.91 Å². The van der Waals surface area contributed by atoms with E-state index in [1.54, 1.807) is 0 Å². The average molecular weight is 1100 g/mol. The molecule has 0 aromatic heterocycles. The summed E-state index contributed by atoms with van der Waals surface area (Å²) in [5, 5.41) is 23.4. The molecule has 0 spiro atoms. The monoisotopic (exact) mass is 1100 g/mol. The van der Waals surface area contributed by atoms with Crippen molar-refractivity contribution in [2.45, 2.75) is 411 Å². The van der Waals surface area contributed by atoms with Gasteiger partial charge in [-0.05, 0) is 77.0 Å². The van der Waals surface area contributed by atoms with Crippen molar-refractivity contribution < 1.29 is 24.5 Å². The van der Waals surface area contributed by atoms with Gasteiger partial charge in [0, 0.05) is 12.8 Å². The molecule has 2 atom stereocenters. The van der Waals surface area contributed by atoms with Gasteiger partial charge in [0.1, 0.15) is 0 Å². The Morgan fingerprint density at radius 3 is 0.923 bits per heavy atom. The Balaban J connectivity index is 3.40. The molecule has 0 aliphatic heterocycles. The average Bonchev–Trinajstić information content (AvgIpc) is 3.44. The number of allylic oxidation sites excluding steroid dienone is 4. The van der Waals surface area contributed by atoms with Gasteiger partial charge in [-0.2, -0.15) is 0 Å². The van der Waals surface area contributed by atoms with E-state index in [9.17, 15) is 19.8 Å². The molecule has 0 rings (SSSR count). The molecule has 6 nitrogen and oxygen atoms in total. The third-order valence-electron chi connectivity index (χ3n) is 16.7. The van der Waals surface area contributed by atoms with Gasteiger partial charge in [0.15, 0.2) is 0 Å². The third-order valence-corrected chi connectivity index (χ3v) is 16.7. The number of carbonyl (C=O) groups is 2. The molecule has 0 radical (unpaired) electrons. The quantitative estimate of drug-likeness (QED) is 0.0320. The number of carbonyl (C=O) groups excluding carboxylic acids is 2. The highest BCUT2D eigenvalue weighted by atomic mass is 16.5. The number of rotatable bonds is 67. The van der Waals surface area contributed by atoms with Gasteiger partial charge in [-0.25, -0.2) is 0 Å². The van der Waals surface area contributed by atoms with Crippen LogP contribution in [0, 0.1) is 0 Å². The van der Waals surface area contributed by atoms with Crippen LogP contribution in [0.2, 0.25) is 0 Å². The molecule has 0 heterocycles.